The largest absolute Gasteiger partial charge is 0.352 e. The van der Waals surface area contributed by atoms with Gasteiger partial charge in [-0.3, -0.25) is 4.79 Å². The van der Waals surface area contributed by atoms with Crippen LogP contribution in [-0.2, 0) is 6.42 Å². The maximum Gasteiger partial charge on any atom is 0.255 e. The lowest BCUT2D eigenvalue weighted by molar-refractivity contribution is 0.0950. The Morgan fingerprint density at radius 2 is 1.80 bits per heavy atom. The summed E-state index contributed by atoms with van der Waals surface area (Å²) in [4.78, 5) is 11.8. The molecule has 0 unspecified atom stereocenters. The molecule has 0 aliphatic carbocycles. The number of rotatable bonds is 4. The van der Waals surface area contributed by atoms with E-state index in [1.807, 2.05) is 0 Å². The fraction of sp³-hybridized carbons (Fsp3) is 0.133. The van der Waals surface area contributed by atoms with Crippen LogP contribution in [0, 0.1) is 11.6 Å². The maximum absolute atomic E-state index is 13.5. The van der Waals surface area contributed by atoms with Gasteiger partial charge in [0.15, 0.2) is 0 Å². The Morgan fingerprint density at radius 1 is 1.10 bits per heavy atom. The number of nitrogens with one attached hydrogen (secondary N) is 1. The van der Waals surface area contributed by atoms with Gasteiger partial charge in [-0.2, -0.15) is 0 Å². The minimum absolute atomic E-state index is 0.0734. The van der Waals surface area contributed by atoms with E-state index in [1.165, 1.54) is 30.3 Å². The highest BCUT2D eigenvalue weighted by atomic mass is 35.5. The van der Waals surface area contributed by atoms with E-state index in [0.29, 0.717) is 13.0 Å². The fourth-order valence-corrected chi connectivity index (χ4v) is 2.02. The first-order valence-electron chi connectivity index (χ1n) is 6.04. The van der Waals surface area contributed by atoms with Gasteiger partial charge in [-0.15, -0.1) is 0 Å². The summed E-state index contributed by atoms with van der Waals surface area (Å²) in [7, 11) is 0. The normalized spacial score (nSPS) is 10.3. The van der Waals surface area contributed by atoms with E-state index in [0.717, 1.165) is 5.56 Å². The van der Waals surface area contributed by atoms with E-state index < -0.39 is 11.7 Å². The van der Waals surface area contributed by atoms with Gasteiger partial charge in [0.2, 0.25) is 0 Å². The van der Waals surface area contributed by atoms with E-state index in [4.69, 9.17) is 11.6 Å². The second kappa shape index (κ2) is 6.48. The van der Waals surface area contributed by atoms with E-state index >= 15 is 0 Å². The predicted octanol–water partition coefficient (Wildman–Crippen LogP) is 3.59. The molecule has 2 aromatic carbocycles. The zero-order chi connectivity index (χ0) is 14.5. The summed E-state index contributed by atoms with van der Waals surface area (Å²) in [5.41, 5.74) is 0.722. The quantitative estimate of drug-likeness (QED) is 0.917. The first-order valence-corrected chi connectivity index (χ1v) is 6.42. The molecule has 0 radical (unpaired) electrons. The molecule has 0 spiro atoms. The Kier molecular flexibility index (Phi) is 4.69. The molecule has 5 heteroatoms. The molecule has 0 fully saturated rings. The third-order valence-corrected chi connectivity index (χ3v) is 3.12. The van der Waals surface area contributed by atoms with Crippen molar-refractivity contribution < 1.29 is 13.6 Å². The molecule has 0 saturated heterocycles. The van der Waals surface area contributed by atoms with Gasteiger partial charge in [-0.05, 0) is 36.2 Å². The number of halogens is 3. The van der Waals surface area contributed by atoms with E-state index in [9.17, 15) is 13.6 Å². The molecule has 2 aromatic rings. The van der Waals surface area contributed by atoms with Crippen LogP contribution in [0.25, 0.3) is 0 Å². The molecule has 2 rings (SSSR count). The first-order chi connectivity index (χ1) is 9.58. The molecule has 1 amide bonds. The maximum atomic E-state index is 13.5. The molecule has 104 valence electrons. The molecule has 0 saturated carbocycles. The summed E-state index contributed by atoms with van der Waals surface area (Å²) in [5.74, 6) is -1.53. The Hall–Kier alpha value is -1.94. The Bertz CT molecular complexity index is 594. The summed E-state index contributed by atoms with van der Waals surface area (Å²) >= 11 is 5.80. The highest BCUT2D eigenvalue weighted by Crippen LogP contribution is 2.18. The molecule has 2 nitrogen and oxygen atoms in total. The van der Waals surface area contributed by atoms with Crippen LogP contribution in [-0.4, -0.2) is 12.5 Å². The molecule has 20 heavy (non-hydrogen) atoms. The third-order valence-electron chi connectivity index (χ3n) is 2.80. The lowest BCUT2D eigenvalue weighted by atomic mass is 10.1. The average Bonchev–Trinajstić information content (AvgIpc) is 2.41. The lowest BCUT2D eigenvalue weighted by Gasteiger charge is -2.07. The van der Waals surface area contributed by atoms with Crippen LogP contribution in [0.5, 0.6) is 0 Å². The number of benzene rings is 2. The molecular weight excluding hydrogens is 284 g/mol. The van der Waals surface area contributed by atoms with Gasteiger partial charge in [0, 0.05) is 6.54 Å². The molecule has 0 aliphatic heterocycles. The van der Waals surface area contributed by atoms with Gasteiger partial charge < -0.3 is 5.32 Å². The van der Waals surface area contributed by atoms with Crippen LogP contribution in [0.4, 0.5) is 8.78 Å². The predicted molar refractivity (Wildman–Crippen MR) is 73.8 cm³/mol. The minimum Gasteiger partial charge on any atom is -0.352 e. The zero-order valence-electron chi connectivity index (χ0n) is 10.5. The van der Waals surface area contributed by atoms with Gasteiger partial charge in [0.25, 0.3) is 5.91 Å². The fourth-order valence-electron chi connectivity index (χ4n) is 1.77. The van der Waals surface area contributed by atoms with E-state index in [1.54, 1.807) is 12.1 Å². The summed E-state index contributed by atoms with van der Waals surface area (Å²) in [6.45, 7) is 0.315. The van der Waals surface area contributed by atoms with Crippen LogP contribution >= 0.6 is 11.6 Å². The van der Waals surface area contributed by atoms with Gasteiger partial charge in [-0.25, -0.2) is 8.78 Å². The highest BCUT2D eigenvalue weighted by molar-refractivity contribution is 6.33. The van der Waals surface area contributed by atoms with Gasteiger partial charge >= 0.3 is 0 Å². The van der Waals surface area contributed by atoms with Crippen LogP contribution in [0.1, 0.15) is 15.9 Å². The Balaban J connectivity index is 1.94. The second-order valence-corrected chi connectivity index (χ2v) is 4.64. The molecule has 0 bridgehead atoms. The summed E-state index contributed by atoms with van der Waals surface area (Å²) < 4.78 is 26.2. The number of hydrogen-bond acceptors (Lipinski definition) is 1. The summed E-state index contributed by atoms with van der Waals surface area (Å²) in [6.07, 6.45) is 0.526. The van der Waals surface area contributed by atoms with Crippen molar-refractivity contribution in [2.24, 2.45) is 0 Å². The smallest absolute Gasteiger partial charge is 0.255 e. The number of carbonyl (C=O) groups excluding carboxylic acids is 1. The van der Waals surface area contributed by atoms with E-state index in [2.05, 4.69) is 5.32 Å². The van der Waals surface area contributed by atoms with Gasteiger partial charge in [0.1, 0.15) is 11.6 Å². The topological polar surface area (TPSA) is 29.1 Å². The van der Waals surface area contributed by atoms with Crippen LogP contribution in [0.2, 0.25) is 5.02 Å². The minimum atomic E-state index is -0.656. The van der Waals surface area contributed by atoms with Crippen molar-refractivity contribution in [2.75, 3.05) is 6.54 Å². The lowest BCUT2D eigenvalue weighted by Crippen LogP contribution is -2.26. The second-order valence-electron chi connectivity index (χ2n) is 4.23. The van der Waals surface area contributed by atoms with Crippen LogP contribution < -0.4 is 5.32 Å². The van der Waals surface area contributed by atoms with Crippen LogP contribution in [0.15, 0.2) is 42.5 Å². The number of carbonyl (C=O) groups is 1. The van der Waals surface area contributed by atoms with E-state index in [-0.39, 0.29) is 16.4 Å². The summed E-state index contributed by atoms with van der Waals surface area (Å²) in [6, 6.07) is 10.1. The van der Waals surface area contributed by atoms with Gasteiger partial charge in [-0.1, -0.05) is 29.8 Å². The summed E-state index contributed by atoms with van der Waals surface area (Å²) in [5, 5.41) is 2.66. The first kappa shape index (κ1) is 14.5. The third kappa shape index (κ3) is 3.54. The van der Waals surface area contributed by atoms with Gasteiger partial charge in [0.05, 0.1) is 10.6 Å². The molecule has 0 heterocycles. The SMILES string of the molecule is O=C(NCCc1ccc(F)cc1)c1c(F)cccc1Cl. The van der Waals surface area contributed by atoms with Crippen molar-refractivity contribution in [1.82, 2.24) is 5.32 Å². The van der Waals surface area contributed by atoms with Crippen LogP contribution in [0.3, 0.4) is 0 Å². The molecule has 0 aromatic heterocycles. The zero-order valence-corrected chi connectivity index (χ0v) is 11.3. The van der Waals surface area contributed by atoms with Crippen molar-refractivity contribution in [1.29, 1.82) is 0 Å². The molecule has 1 N–H and O–H groups in total. The Morgan fingerprint density at radius 3 is 2.45 bits per heavy atom. The number of amides is 1. The van der Waals surface area contributed by atoms with Crippen molar-refractivity contribution in [2.45, 2.75) is 6.42 Å². The van der Waals surface area contributed by atoms with Crippen molar-refractivity contribution in [3.05, 3.63) is 70.2 Å². The average molecular weight is 296 g/mol. The van der Waals surface area contributed by atoms with Crippen molar-refractivity contribution >= 4 is 17.5 Å². The standard InChI is InChI=1S/C15H12ClF2NO/c16-12-2-1-3-13(18)14(12)15(20)19-9-8-10-4-6-11(17)7-5-10/h1-7H,8-9H2,(H,19,20). The van der Waals surface area contributed by atoms with Crippen molar-refractivity contribution in [3.63, 3.8) is 0 Å². The molecule has 0 atom stereocenters. The number of hydrogen-bond donors (Lipinski definition) is 1. The molecule has 0 aliphatic rings. The molecular formula is C15H12ClF2NO. The monoisotopic (exact) mass is 295 g/mol. The highest BCUT2D eigenvalue weighted by Gasteiger charge is 2.14. The van der Waals surface area contributed by atoms with Crippen molar-refractivity contribution in [3.8, 4) is 0 Å². The Labute approximate surface area is 120 Å².